The maximum absolute atomic E-state index is 10.9. The Labute approximate surface area is 133 Å². The van der Waals surface area contributed by atoms with E-state index in [-0.39, 0.29) is 51.4 Å². The molecule has 0 atom stereocenters. The van der Waals surface area contributed by atoms with E-state index in [1.807, 2.05) is 0 Å². The van der Waals surface area contributed by atoms with Gasteiger partial charge in [-0.1, -0.05) is 13.2 Å². The van der Waals surface area contributed by atoms with Gasteiger partial charge in [0.2, 0.25) is 0 Å². The van der Waals surface area contributed by atoms with Gasteiger partial charge < -0.3 is 5.11 Å². The Hall–Kier alpha value is 0.976. The summed E-state index contributed by atoms with van der Waals surface area (Å²) < 4.78 is 43.5. The molecule has 15 heavy (non-hydrogen) atoms. The molecular weight excluding hydrogens is 267 g/mol. The van der Waals surface area contributed by atoms with Crippen molar-refractivity contribution in [3.8, 4) is 0 Å². The van der Waals surface area contributed by atoms with Crippen LogP contribution in [0.2, 0.25) is 0 Å². The van der Waals surface area contributed by atoms with Gasteiger partial charge in [-0.05, 0) is 0 Å². The predicted octanol–water partition coefficient (Wildman–Crippen LogP) is -1.18. The predicted molar refractivity (Wildman–Crippen MR) is 61.1 cm³/mol. The van der Waals surface area contributed by atoms with Crippen molar-refractivity contribution in [3.05, 3.63) is 24.0 Å². The van der Waals surface area contributed by atoms with Crippen molar-refractivity contribution in [2.45, 2.75) is 6.10 Å². The second-order valence-corrected chi connectivity index (χ2v) is 6.63. The van der Waals surface area contributed by atoms with E-state index in [2.05, 4.69) is 13.2 Å². The summed E-state index contributed by atoms with van der Waals surface area (Å²) in [6.07, 6.45) is -1.46. The molecule has 0 aliphatic rings. The molecule has 0 unspecified atom stereocenters. The zero-order valence-electron chi connectivity index (χ0n) is 7.46. The van der Waals surface area contributed by atoms with Gasteiger partial charge in [-0.2, -0.15) is 0 Å². The van der Waals surface area contributed by atoms with Crippen LogP contribution < -0.4 is 0 Å². The van der Waals surface area contributed by atoms with Crippen LogP contribution in [0.1, 0.15) is 0 Å². The fourth-order valence-electron chi connectivity index (χ4n) is 0.721. The number of aliphatic hydroxyl groups excluding tert-OH is 1. The molecule has 0 aromatic carbocycles. The minimum atomic E-state index is -3.58. The normalized spacial score (nSPS) is 11.9. The average Bonchev–Trinajstić information content (AvgIpc) is 2.02. The van der Waals surface area contributed by atoms with Gasteiger partial charge in [0.25, 0.3) is 0 Å². The van der Waals surface area contributed by atoms with Gasteiger partial charge in [-0.25, -0.2) is 16.8 Å². The number of aliphatic hydroxyl groups is 1. The Bertz CT molecular complexity index is 369. The van der Waals surface area contributed by atoms with E-state index in [4.69, 9.17) is 5.11 Å². The van der Waals surface area contributed by atoms with Crippen molar-refractivity contribution >= 4 is 71.1 Å². The zero-order valence-corrected chi connectivity index (χ0v) is 9.09. The van der Waals surface area contributed by atoms with Crippen molar-refractivity contribution in [2.24, 2.45) is 0 Å². The van der Waals surface area contributed by atoms with Gasteiger partial charge >= 0.3 is 51.4 Å². The van der Waals surface area contributed by atoms with Gasteiger partial charge in [0.05, 0.1) is 17.6 Å². The van der Waals surface area contributed by atoms with Crippen LogP contribution in [0.25, 0.3) is 0 Å². The number of rotatable bonds is 6. The van der Waals surface area contributed by atoms with Crippen molar-refractivity contribution in [2.75, 3.05) is 11.5 Å². The molecule has 0 aromatic rings. The molecule has 0 fully saturated rings. The zero-order chi connectivity index (χ0) is 11.4. The SMILES string of the molecule is C=CS(=O)(=O)CC(O)CS(=O)(=O)C=C.[KH]. The molecule has 0 heterocycles. The van der Waals surface area contributed by atoms with Crippen LogP contribution in [0.4, 0.5) is 0 Å². The van der Waals surface area contributed by atoms with Crippen LogP contribution in [-0.2, 0) is 19.7 Å². The molecular formula is C7H13KO5S2. The van der Waals surface area contributed by atoms with Gasteiger partial charge in [0, 0.05) is 10.8 Å². The van der Waals surface area contributed by atoms with Crippen molar-refractivity contribution in [1.29, 1.82) is 0 Å². The van der Waals surface area contributed by atoms with Gasteiger partial charge in [-0.3, -0.25) is 0 Å². The first-order valence-corrected chi connectivity index (χ1v) is 7.04. The van der Waals surface area contributed by atoms with E-state index in [0.717, 1.165) is 0 Å². The average molecular weight is 280 g/mol. The summed E-state index contributed by atoms with van der Waals surface area (Å²) in [5.41, 5.74) is 0. The van der Waals surface area contributed by atoms with Crippen LogP contribution in [0.3, 0.4) is 0 Å². The summed E-state index contributed by atoms with van der Waals surface area (Å²) >= 11 is 0. The van der Waals surface area contributed by atoms with E-state index < -0.39 is 37.3 Å². The molecule has 5 nitrogen and oxygen atoms in total. The Balaban J connectivity index is 0. The molecule has 0 aliphatic carbocycles. The molecule has 0 saturated carbocycles. The summed E-state index contributed by atoms with van der Waals surface area (Å²) in [4.78, 5) is 0. The molecule has 1 N–H and O–H groups in total. The maximum atomic E-state index is 10.9. The third-order valence-electron chi connectivity index (χ3n) is 1.36. The molecule has 0 amide bonds. The summed E-state index contributed by atoms with van der Waals surface area (Å²) in [5.74, 6) is -1.30. The van der Waals surface area contributed by atoms with E-state index >= 15 is 0 Å². The third-order valence-corrected chi connectivity index (χ3v) is 4.07. The molecule has 0 saturated heterocycles. The molecule has 0 bridgehead atoms. The van der Waals surface area contributed by atoms with Crippen LogP contribution in [0.15, 0.2) is 24.0 Å². The molecule has 0 aromatic heterocycles. The van der Waals surface area contributed by atoms with Gasteiger partial charge in [0.1, 0.15) is 0 Å². The first-order chi connectivity index (χ1) is 6.22. The Morgan fingerprint density at radius 3 is 1.47 bits per heavy atom. The summed E-state index contributed by atoms with van der Waals surface area (Å²) in [5, 5.41) is 10.5. The van der Waals surface area contributed by atoms with Crippen molar-refractivity contribution in [1.82, 2.24) is 0 Å². The van der Waals surface area contributed by atoms with E-state index in [9.17, 15) is 16.8 Å². The van der Waals surface area contributed by atoms with E-state index in [1.165, 1.54) is 0 Å². The van der Waals surface area contributed by atoms with Crippen LogP contribution in [-0.4, -0.2) is 90.9 Å². The quantitative estimate of drug-likeness (QED) is 0.618. The second kappa shape index (κ2) is 7.33. The van der Waals surface area contributed by atoms with Crippen molar-refractivity contribution < 1.29 is 21.9 Å². The molecule has 0 rings (SSSR count). The Morgan fingerprint density at radius 1 is 1.00 bits per heavy atom. The molecule has 0 aliphatic heterocycles. The fraction of sp³-hybridized carbons (Fsp3) is 0.429. The molecule has 0 radical (unpaired) electrons. The molecule has 8 heteroatoms. The van der Waals surface area contributed by atoms with E-state index in [1.54, 1.807) is 0 Å². The second-order valence-electron chi connectivity index (χ2n) is 2.65. The van der Waals surface area contributed by atoms with Crippen molar-refractivity contribution in [3.63, 3.8) is 0 Å². The molecule has 84 valence electrons. The van der Waals surface area contributed by atoms with Crippen LogP contribution in [0.5, 0.6) is 0 Å². The monoisotopic (exact) mass is 280 g/mol. The number of hydrogen-bond donors (Lipinski definition) is 1. The fourth-order valence-corrected chi connectivity index (χ4v) is 2.45. The van der Waals surface area contributed by atoms with E-state index in [0.29, 0.717) is 10.8 Å². The summed E-state index contributed by atoms with van der Waals surface area (Å²) in [7, 11) is -7.17. The van der Waals surface area contributed by atoms with Crippen LogP contribution >= 0.6 is 0 Å². The first-order valence-electron chi connectivity index (χ1n) is 3.61. The van der Waals surface area contributed by atoms with Gasteiger partial charge in [-0.15, -0.1) is 0 Å². The summed E-state index contributed by atoms with van der Waals surface area (Å²) in [6, 6.07) is 0. The number of hydrogen-bond acceptors (Lipinski definition) is 5. The molecule has 0 spiro atoms. The number of sulfone groups is 2. The standard InChI is InChI=1S/C7H12O5S2.K.H/c1-3-13(9,10)5-7(8)6-14(11,12)4-2;;/h3-4,7-8H,1-2,5-6H2;;. The Morgan fingerprint density at radius 2 is 1.27 bits per heavy atom. The minimum absolute atomic E-state index is 0. The summed E-state index contributed by atoms with van der Waals surface area (Å²) in [6.45, 7) is 6.07. The first kappa shape index (κ1) is 18.3. The topological polar surface area (TPSA) is 88.5 Å². The van der Waals surface area contributed by atoms with Crippen LogP contribution in [0, 0.1) is 0 Å². The third kappa shape index (κ3) is 8.75. The van der Waals surface area contributed by atoms with Gasteiger partial charge in [0.15, 0.2) is 19.7 Å². The Kier molecular flexibility index (Phi) is 8.97.